The Labute approximate surface area is 103 Å². The summed E-state index contributed by atoms with van der Waals surface area (Å²) in [6, 6.07) is 0. The van der Waals surface area contributed by atoms with Crippen LogP contribution in [0, 0.1) is 11.8 Å². The lowest BCUT2D eigenvalue weighted by atomic mass is 10.1. The Hall–Kier alpha value is -0.610. The minimum atomic E-state index is -3.38. The summed E-state index contributed by atoms with van der Waals surface area (Å²) in [5, 5.41) is 0. The van der Waals surface area contributed by atoms with Crippen molar-refractivity contribution in [2.24, 2.45) is 0 Å². The number of hydrogen-bond acceptors (Lipinski definition) is 5. The van der Waals surface area contributed by atoms with Crippen molar-refractivity contribution in [1.82, 2.24) is 0 Å². The molecule has 1 aliphatic heterocycles. The lowest BCUT2D eigenvalue weighted by Gasteiger charge is -2.21. The third-order valence-corrected chi connectivity index (χ3v) is 2.85. The minimum Gasteiger partial charge on any atom is -0.348 e. The van der Waals surface area contributed by atoms with Crippen LogP contribution in [0.15, 0.2) is 0 Å². The molecule has 0 radical (unpaired) electrons. The molecule has 0 amide bonds. The van der Waals surface area contributed by atoms with E-state index in [9.17, 15) is 8.42 Å². The molecular formula is C11H18O5S. The monoisotopic (exact) mass is 262 g/mol. The second kappa shape index (κ2) is 6.36. The van der Waals surface area contributed by atoms with Crippen molar-refractivity contribution < 1.29 is 22.1 Å². The molecule has 1 heterocycles. The third kappa shape index (κ3) is 6.64. The van der Waals surface area contributed by atoms with E-state index in [1.165, 1.54) is 0 Å². The largest absolute Gasteiger partial charge is 0.348 e. The molecule has 1 rings (SSSR count). The lowest BCUT2D eigenvalue weighted by molar-refractivity contribution is -0.147. The molecule has 1 saturated heterocycles. The van der Waals surface area contributed by atoms with Gasteiger partial charge in [0.05, 0.1) is 19.5 Å². The average Bonchev–Trinajstić information content (AvgIpc) is 2.62. The van der Waals surface area contributed by atoms with Crippen LogP contribution < -0.4 is 0 Å². The summed E-state index contributed by atoms with van der Waals surface area (Å²) in [6.45, 7) is 3.12. The maximum atomic E-state index is 10.6. The van der Waals surface area contributed by atoms with Gasteiger partial charge in [0.2, 0.25) is 0 Å². The Morgan fingerprint density at radius 3 is 2.53 bits per heavy atom. The zero-order chi connectivity index (χ0) is 12.8. The molecule has 0 aromatic rings. The predicted octanol–water partition coefficient (Wildman–Crippen LogP) is 0.899. The Morgan fingerprint density at radius 1 is 1.29 bits per heavy atom. The molecule has 0 aromatic carbocycles. The zero-order valence-electron chi connectivity index (χ0n) is 10.2. The first-order chi connectivity index (χ1) is 7.91. The summed E-state index contributed by atoms with van der Waals surface area (Å²) >= 11 is 0. The van der Waals surface area contributed by atoms with Gasteiger partial charge in [-0.25, -0.2) is 0 Å². The fourth-order valence-electron chi connectivity index (χ4n) is 1.47. The molecule has 1 aliphatic rings. The third-order valence-electron chi connectivity index (χ3n) is 2.30. The zero-order valence-corrected chi connectivity index (χ0v) is 11.0. The topological polar surface area (TPSA) is 61.8 Å². The fourth-order valence-corrected chi connectivity index (χ4v) is 1.75. The van der Waals surface area contributed by atoms with E-state index in [0.717, 1.165) is 19.1 Å². The molecule has 6 heteroatoms. The van der Waals surface area contributed by atoms with Crippen LogP contribution in [0.2, 0.25) is 0 Å². The van der Waals surface area contributed by atoms with Gasteiger partial charge in [0.1, 0.15) is 6.61 Å². The van der Waals surface area contributed by atoms with Crippen molar-refractivity contribution in [1.29, 1.82) is 0 Å². The molecule has 0 saturated carbocycles. The predicted molar refractivity (Wildman–Crippen MR) is 62.7 cm³/mol. The van der Waals surface area contributed by atoms with Crippen molar-refractivity contribution in [2.45, 2.75) is 32.0 Å². The maximum Gasteiger partial charge on any atom is 0.265 e. The van der Waals surface area contributed by atoms with Crippen molar-refractivity contribution in [3.05, 3.63) is 0 Å². The summed E-state index contributed by atoms with van der Waals surface area (Å²) in [4.78, 5) is 0. The van der Waals surface area contributed by atoms with Crippen LogP contribution in [0.1, 0.15) is 26.2 Å². The molecule has 0 N–H and O–H groups in total. The second-order valence-electron chi connectivity index (χ2n) is 4.00. The molecule has 0 spiro atoms. The first-order valence-electron chi connectivity index (χ1n) is 5.49. The van der Waals surface area contributed by atoms with Crippen LogP contribution in [0.4, 0.5) is 0 Å². The van der Waals surface area contributed by atoms with E-state index < -0.39 is 15.9 Å². The summed E-state index contributed by atoms with van der Waals surface area (Å²) < 4.78 is 36.6. The second-order valence-corrected chi connectivity index (χ2v) is 5.65. The first kappa shape index (κ1) is 14.5. The van der Waals surface area contributed by atoms with Gasteiger partial charge in [0.15, 0.2) is 5.79 Å². The SMILES string of the molecule is CC1(CCCC#CCOS(C)(=O)=O)OCCO1. The highest BCUT2D eigenvalue weighted by atomic mass is 32.2. The van der Waals surface area contributed by atoms with E-state index in [0.29, 0.717) is 19.6 Å². The van der Waals surface area contributed by atoms with Gasteiger partial charge in [0.25, 0.3) is 10.1 Å². The number of unbranched alkanes of at least 4 members (excludes halogenated alkanes) is 1. The highest BCUT2D eigenvalue weighted by Gasteiger charge is 2.29. The van der Waals surface area contributed by atoms with Gasteiger partial charge in [-0.15, -0.1) is 5.92 Å². The van der Waals surface area contributed by atoms with E-state index in [1.807, 2.05) is 6.92 Å². The molecular weight excluding hydrogens is 244 g/mol. The number of rotatable bonds is 5. The molecule has 0 aliphatic carbocycles. The summed E-state index contributed by atoms with van der Waals surface area (Å²) in [6.07, 6.45) is 3.32. The highest BCUT2D eigenvalue weighted by Crippen LogP contribution is 2.24. The van der Waals surface area contributed by atoms with Crippen LogP contribution in [0.3, 0.4) is 0 Å². The smallest absolute Gasteiger partial charge is 0.265 e. The van der Waals surface area contributed by atoms with Crippen LogP contribution in [0.25, 0.3) is 0 Å². The molecule has 0 atom stereocenters. The Balaban J connectivity index is 2.10. The molecule has 0 aromatic heterocycles. The van der Waals surface area contributed by atoms with E-state index in [2.05, 4.69) is 16.0 Å². The van der Waals surface area contributed by atoms with Crippen molar-refractivity contribution in [3.63, 3.8) is 0 Å². The summed E-state index contributed by atoms with van der Waals surface area (Å²) in [7, 11) is -3.38. The quantitative estimate of drug-likeness (QED) is 0.418. The van der Waals surface area contributed by atoms with Gasteiger partial charge in [0, 0.05) is 12.8 Å². The maximum absolute atomic E-state index is 10.6. The molecule has 17 heavy (non-hydrogen) atoms. The van der Waals surface area contributed by atoms with E-state index in [-0.39, 0.29) is 6.61 Å². The Kier molecular flexibility index (Phi) is 5.40. The van der Waals surface area contributed by atoms with E-state index >= 15 is 0 Å². The van der Waals surface area contributed by atoms with Crippen LogP contribution in [-0.4, -0.2) is 40.3 Å². The Bertz CT molecular complexity index is 384. The number of hydrogen-bond donors (Lipinski definition) is 0. The standard InChI is InChI=1S/C11H18O5S/c1-11(14-9-10-15-11)7-5-3-4-6-8-16-17(2,12)13/h3,5,7-10H2,1-2H3. The van der Waals surface area contributed by atoms with Crippen molar-refractivity contribution in [3.8, 4) is 11.8 Å². The van der Waals surface area contributed by atoms with E-state index in [4.69, 9.17) is 9.47 Å². The first-order valence-corrected chi connectivity index (χ1v) is 7.31. The molecule has 0 unspecified atom stereocenters. The molecule has 0 bridgehead atoms. The highest BCUT2D eigenvalue weighted by molar-refractivity contribution is 7.85. The summed E-state index contributed by atoms with van der Waals surface area (Å²) in [5.74, 6) is 5.03. The van der Waals surface area contributed by atoms with Crippen molar-refractivity contribution >= 4 is 10.1 Å². The normalized spacial score (nSPS) is 18.7. The van der Waals surface area contributed by atoms with Gasteiger partial charge in [-0.1, -0.05) is 5.92 Å². The molecule has 1 fully saturated rings. The lowest BCUT2D eigenvalue weighted by Crippen LogP contribution is -2.24. The Morgan fingerprint density at radius 2 is 1.94 bits per heavy atom. The van der Waals surface area contributed by atoms with Crippen LogP contribution in [0.5, 0.6) is 0 Å². The minimum absolute atomic E-state index is 0.0803. The molecule has 98 valence electrons. The van der Waals surface area contributed by atoms with Crippen LogP contribution in [-0.2, 0) is 23.8 Å². The van der Waals surface area contributed by atoms with Gasteiger partial charge in [-0.2, -0.15) is 8.42 Å². The van der Waals surface area contributed by atoms with Gasteiger partial charge >= 0.3 is 0 Å². The van der Waals surface area contributed by atoms with Gasteiger partial charge in [-0.3, -0.25) is 4.18 Å². The fraction of sp³-hybridized carbons (Fsp3) is 0.818. The van der Waals surface area contributed by atoms with Crippen LogP contribution >= 0.6 is 0 Å². The van der Waals surface area contributed by atoms with Gasteiger partial charge in [-0.05, 0) is 13.3 Å². The average molecular weight is 262 g/mol. The molecule has 5 nitrogen and oxygen atoms in total. The van der Waals surface area contributed by atoms with Gasteiger partial charge < -0.3 is 9.47 Å². The number of ether oxygens (including phenoxy) is 2. The van der Waals surface area contributed by atoms with Crippen molar-refractivity contribution in [2.75, 3.05) is 26.1 Å². The van der Waals surface area contributed by atoms with E-state index in [1.54, 1.807) is 0 Å². The summed E-state index contributed by atoms with van der Waals surface area (Å²) in [5.41, 5.74) is 0.